The highest BCUT2D eigenvalue weighted by molar-refractivity contribution is 5.94. The molecule has 0 aliphatic rings. The molecule has 2 aromatic carbocycles. The lowest BCUT2D eigenvalue weighted by molar-refractivity contribution is -0.0632. The van der Waals surface area contributed by atoms with E-state index in [2.05, 4.69) is 5.32 Å². The number of benzene rings is 2. The molecule has 0 fully saturated rings. The Labute approximate surface area is 183 Å². The minimum Gasteiger partial charge on any atom is -0.458 e. The number of ether oxygens (including phenoxy) is 1. The lowest BCUT2D eigenvalue weighted by Crippen LogP contribution is -2.53. The number of nitrogens with one attached hydrogen (secondary N) is 1. The van der Waals surface area contributed by atoms with Crippen LogP contribution in [0.3, 0.4) is 0 Å². The van der Waals surface area contributed by atoms with Gasteiger partial charge in [0.1, 0.15) is 17.7 Å². The van der Waals surface area contributed by atoms with E-state index in [4.69, 9.17) is 4.74 Å². The lowest BCUT2D eigenvalue weighted by atomic mass is 9.64. The second-order valence-corrected chi connectivity index (χ2v) is 8.42. The molecular formula is C25H31F2NO3. The Morgan fingerprint density at radius 3 is 1.74 bits per heavy atom. The van der Waals surface area contributed by atoms with Gasteiger partial charge in [0, 0.05) is 17.5 Å². The molecule has 0 aliphatic carbocycles. The summed E-state index contributed by atoms with van der Waals surface area (Å²) in [7, 11) is 0. The van der Waals surface area contributed by atoms with Gasteiger partial charge in [-0.2, -0.15) is 0 Å². The molecule has 0 aliphatic heterocycles. The maximum atomic E-state index is 13.2. The first-order valence-corrected chi connectivity index (χ1v) is 10.6. The number of hydrogen-bond donors (Lipinski definition) is 1. The van der Waals surface area contributed by atoms with Crippen molar-refractivity contribution in [2.45, 2.75) is 47.1 Å². The SMILES string of the molecule is CCC(OC(=O)c1ccc(F)cc1)C(CNC(=O)c1ccc(F)cc1)(C(C)C)C(C)C. The van der Waals surface area contributed by atoms with Gasteiger partial charge in [-0.3, -0.25) is 4.79 Å². The van der Waals surface area contributed by atoms with Crippen molar-refractivity contribution in [3.63, 3.8) is 0 Å². The van der Waals surface area contributed by atoms with Gasteiger partial charge in [-0.05, 0) is 66.8 Å². The normalized spacial score (nSPS) is 12.7. The van der Waals surface area contributed by atoms with Crippen molar-refractivity contribution in [1.82, 2.24) is 5.32 Å². The molecule has 1 N–H and O–H groups in total. The standard InChI is InChI=1S/C25H31F2NO3/c1-6-22(31-24(30)19-9-13-21(27)14-10-19)25(16(2)3,17(4)5)15-28-23(29)18-7-11-20(26)12-8-18/h7-14,16-17,22H,6,15H2,1-5H3,(H,28,29). The van der Waals surface area contributed by atoms with E-state index >= 15 is 0 Å². The Hall–Kier alpha value is -2.76. The Morgan fingerprint density at radius 2 is 1.32 bits per heavy atom. The van der Waals surface area contributed by atoms with Gasteiger partial charge in [0.2, 0.25) is 0 Å². The smallest absolute Gasteiger partial charge is 0.338 e. The van der Waals surface area contributed by atoms with Crippen LogP contribution in [-0.2, 0) is 4.74 Å². The highest BCUT2D eigenvalue weighted by Gasteiger charge is 2.46. The predicted octanol–water partition coefficient (Wildman–Crippen LogP) is 5.63. The predicted molar refractivity (Wildman–Crippen MR) is 117 cm³/mol. The Kier molecular flexibility index (Phi) is 8.31. The second-order valence-electron chi connectivity index (χ2n) is 8.42. The fourth-order valence-electron chi connectivity index (χ4n) is 4.23. The first kappa shape index (κ1) is 24.5. The van der Waals surface area contributed by atoms with Crippen molar-refractivity contribution in [3.8, 4) is 0 Å². The van der Waals surface area contributed by atoms with Crippen molar-refractivity contribution in [3.05, 3.63) is 71.3 Å². The quantitative estimate of drug-likeness (QED) is 0.524. The minimum atomic E-state index is -0.542. The Balaban J connectivity index is 2.26. The van der Waals surface area contributed by atoms with Crippen molar-refractivity contribution < 1.29 is 23.1 Å². The summed E-state index contributed by atoms with van der Waals surface area (Å²) in [5, 5.41) is 2.96. The molecule has 1 unspecified atom stereocenters. The van der Waals surface area contributed by atoms with Crippen LogP contribution in [0, 0.1) is 28.9 Å². The van der Waals surface area contributed by atoms with Gasteiger partial charge in [0.05, 0.1) is 5.56 Å². The zero-order chi connectivity index (χ0) is 23.2. The van der Waals surface area contributed by atoms with E-state index in [1.165, 1.54) is 48.5 Å². The van der Waals surface area contributed by atoms with Crippen LogP contribution in [0.4, 0.5) is 8.78 Å². The van der Waals surface area contributed by atoms with Crippen molar-refractivity contribution in [2.75, 3.05) is 6.54 Å². The number of hydrogen-bond acceptors (Lipinski definition) is 3. The molecule has 0 spiro atoms. The van der Waals surface area contributed by atoms with Crippen LogP contribution in [0.5, 0.6) is 0 Å². The third-order valence-electron chi connectivity index (χ3n) is 6.11. The van der Waals surface area contributed by atoms with E-state index in [-0.39, 0.29) is 29.9 Å². The molecule has 2 aromatic rings. The van der Waals surface area contributed by atoms with Gasteiger partial charge in [0.25, 0.3) is 5.91 Å². The van der Waals surface area contributed by atoms with Crippen molar-refractivity contribution >= 4 is 11.9 Å². The summed E-state index contributed by atoms with van der Waals surface area (Å²) >= 11 is 0. The molecule has 0 saturated carbocycles. The molecule has 168 valence electrons. The maximum absolute atomic E-state index is 13.2. The molecule has 31 heavy (non-hydrogen) atoms. The number of carbonyl (C=O) groups excluding carboxylic acids is 2. The van der Waals surface area contributed by atoms with Crippen LogP contribution in [0.2, 0.25) is 0 Å². The molecule has 0 saturated heterocycles. The highest BCUT2D eigenvalue weighted by Crippen LogP contribution is 2.42. The van der Waals surface area contributed by atoms with E-state index in [0.717, 1.165) is 0 Å². The summed E-state index contributed by atoms with van der Waals surface area (Å²) in [5.74, 6) is -1.52. The van der Waals surface area contributed by atoms with E-state index in [1.807, 2.05) is 34.6 Å². The number of rotatable bonds is 9. The largest absolute Gasteiger partial charge is 0.458 e. The number of amides is 1. The summed E-state index contributed by atoms with van der Waals surface area (Å²) in [5.41, 5.74) is 0.0934. The van der Waals surface area contributed by atoms with Gasteiger partial charge in [-0.25, -0.2) is 13.6 Å². The topological polar surface area (TPSA) is 55.4 Å². The molecule has 1 amide bonds. The van der Waals surface area contributed by atoms with Crippen molar-refractivity contribution in [2.24, 2.45) is 17.3 Å². The van der Waals surface area contributed by atoms with E-state index in [0.29, 0.717) is 12.0 Å². The fraction of sp³-hybridized carbons (Fsp3) is 0.440. The molecule has 6 heteroatoms. The molecule has 4 nitrogen and oxygen atoms in total. The van der Waals surface area contributed by atoms with Crippen LogP contribution >= 0.6 is 0 Å². The third kappa shape index (κ3) is 5.69. The monoisotopic (exact) mass is 431 g/mol. The first-order chi connectivity index (χ1) is 14.6. The van der Waals surface area contributed by atoms with E-state index in [1.54, 1.807) is 0 Å². The van der Waals surface area contributed by atoms with Crippen LogP contribution < -0.4 is 5.32 Å². The van der Waals surface area contributed by atoms with Gasteiger partial charge in [-0.15, -0.1) is 0 Å². The van der Waals surface area contributed by atoms with Gasteiger partial charge >= 0.3 is 5.97 Å². The van der Waals surface area contributed by atoms with Crippen LogP contribution in [0.25, 0.3) is 0 Å². The zero-order valence-electron chi connectivity index (χ0n) is 18.7. The van der Waals surface area contributed by atoms with E-state index < -0.39 is 29.1 Å². The van der Waals surface area contributed by atoms with Crippen LogP contribution in [0.1, 0.15) is 61.8 Å². The van der Waals surface area contributed by atoms with Crippen molar-refractivity contribution in [1.29, 1.82) is 0 Å². The molecule has 0 radical (unpaired) electrons. The molecule has 0 aromatic heterocycles. The number of esters is 1. The molecule has 1 atom stereocenters. The van der Waals surface area contributed by atoms with Gasteiger partial charge < -0.3 is 10.1 Å². The Morgan fingerprint density at radius 1 is 0.871 bits per heavy atom. The average Bonchev–Trinajstić information content (AvgIpc) is 2.73. The van der Waals surface area contributed by atoms with Crippen LogP contribution in [0.15, 0.2) is 48.5 Å². The third-order valence-corrected chi connectivity index (χ3v) is 6.11. The maximum Gasteiger partial charge on any atom is 0.338 e. The second kappa shape index (κ2) is 10.5. The molecule has 0 heterocycles. The van der Waals surface area contributed by atoms with Gasteiger partial charge in [-0.1, -0.05) is 34.6 Å². The van der Waals surface area contributed by atoms with Crippen LogP contribution in [-0.4, -0.2) is 24.5 Å². The summed E-state index contributed by atoms with van der Waals surface area (Å²) < 4.78 is 32.3. The highest BCUT2D eigenvalue weighted by atomic mass is 19.1. The zero-order valence-corrected chi connectivity index (χ0v) is 18.7. The average molecular weight is 432 g/mol. The molecule has 0 bridgehead atoms. The molecule has 2 rings (SSSR count). The summed E-state index contributed by atoms with van der Waals surface area (Å²) in [6.45, 7) is 10.4. The number of halogens is 2. The number of carbonyl (C=O) groups is 2. The summed E-state index contributed by atoms with van der Waals surface area (Å²) in [6, 6.07) is 10.6. The first-order valence-electron chi connectivity index (χ1n) is 10.6. The van der Waals surface area contributed by atoms with E-state index in [9.17, 15) is 18.4 Å². The summed E-state index contributed by atoms with van der Waals surface area (Å²) in [6.07, 6.45) is 0.0778. The Bertz CT molecular complexity index is 869. The fourth-order valence-corrected chi connectivity index (χ4v) is 4.23. The lowest BCUT2D eigenvalue weighted by Gasteiger charge is -2.46. The van der Waals surface area contributed by atoms with Gasteiger partial charge in [0.15, 0.2) is 0 Å². The summed E-state index contributed by atoms with van der Waals surface area (Å²) in [4.78, 5) is 25.4. The minimum absolute atomic E-state index is 0.0759. The molecular weight excluding hydrogens is 400 g/mol.